The molecule has 1 aliphatic heterocycles. The number of carbonyl (C=O) groups is 2. The van der Waals surface area contributed by atoms with Crippen LogP contribution in [0.1, 0.15) is 44.1 Å². The van der Waals surface area contributed by atoms with Crippen molar-refractivity contribution in [3.05, 3.63) is 23.8 Å². The second-order valence-electron chi connectivity index (χ2n) is 7.81. The molecule has 1 heterocycles. The fraction of sp³-hybridized carbons (Fsp3) is 0.636. The molecule has 1 aromatic carbocycles. The minimum absolute atomic E-state index is 0.0352. The van der Waals surface area contributed by atoms with Gasteiger partial charge in [-0.15, -0.1) is 0 Å². The van der Waals surface area contributed by atoms with E-state index in [2.05, 4.69) is 5.32 Å². The average molecular weight is 389 g/mol. The lowest BCUT2D eigenvalue weighted by Gasteiger charge is -2.29. The molecule has 0 atom stereocenters. The van der Waals surface area contributed by atoms with Gasteiger partial charge in [0.05, 0.1) is 14.2 Å². The molecule has 1 N–H and O–H groups in total. The van der Waals surface area contributed by atoms with Gasteiger partial charge in [-0.3, -0.25) is 9.59 Å². The Hall–Kier alpha value is -2.24. The maximum atomic E-state index is 12.5. The number of rotatable bonds is 7. The third-order valence-corrected chi connectivity index (χ3v) is 6.03. The van der Waals surface area contributed by atoms with Gasteiger partial charge >= 0.3 is 0 Å². The number of benzene rings is 1. The van der Waals surface area contributed by atoms with Gasteiger partial charge in [0.2, 0.25) is 11.8 Å². The van der Waals surface area contributed by atoms with Crippen molar-refractivity contribution in [2.24, 2.45) is 11.8 Å². The molecule has 6 heteroatoms. The van der Waals surface area contributed by atoms with Gasteiger partial charge in [0.15, 0.2) is 11.5 Å². The highest BCUT2D eigenvalue weighted by atomic mass is 16.5. The molecule has 0 spiro atoms. The van der Waals surface area contributed by atoms with Crippen LogP contribution in [0.5, 0.6) is 11.5 Å². The van der Waals surface area contributed by atoms with Crippen LogP contribution in [0.4, 0.5) is 0 Å². The predicted octanol–water partition coefficient (Wildman–Crippen LogP) is 2.79. The Balaban J connectivity index is 1.40. The first-order chi connectivity index (χ1) is 13.6. The highest BCUT2D eigenvalue weighted by molar-refractivity contribution is 5.81. The van der Waals surface area contributed by atoms with Gasteiger partial charge in [-0.25, -0.2) is 0 Å². The van der Waals surface area contributed by atoms with E-state index < -0.39 is 0 Å². The molecule has 3 rings (SSSR count). The molecular formula is C22H32N2O4. The minimum Gasteiger partial charge on any atom is -0.493 e. The largest absolute Gasteiger partial charge is 0.493 e. The lowest BCUT2D eigenvalue weighted by molar-refractivity contribution is -0.137. The van der Waals surface area contributed by atoms with Crippen LogP contribution in [0, 0.1) is 11.8 Å². The van der Waals surface area contributed by atoms with Gasteiger partial charge in [0.1, 0.15) is 0 Å². The summed E-state index contributed by atoms with van der Waals surface area (Å²) in [6.45, 7) is 2.42. The molecule has 28 heavy (non-hydrogen) atoms. The normalized spacial score (nSPS) is 22.0. The van der Waals surface area contributed by atoms with E-state index in [1.165, 1.54) is 0 Å². The Morgan fingerprint density at radius 1 is 1.00 bits per heavy atom. The number of amides is 2. The molecule has 0 bridgehead atoms. The summed E-state index contributed by atoms with van der Waals surface area (Å²) in [5, 5.41) is 3.06. The van der Waals surface area contributed by atoms with Crippen LogP contribution >= 0.6 is 0 Å². The maximum absolute atomic E-state index is 12.5. The summed E-state index contributed by atoms with van der Waals surface area (Å²) in [6.07, 6.45) is 6.30. The van der Waals surface area contributed by atoms with Crippen LogP contribution in [0.25, 0.3) is 0 Å². The molecule has 1 saturated heterocycles. The van der Waals surface area contributed by atoms with E-state index in [9.17, 15) is 9.59 Å². The fourth-order valence-electron chi connectivity index (χ4n) is 4.31. The summed E-state index contributed by atoms with van der Waals surface area (Å²) < 4.78 is 10.6. The molecular weight excluding hydrogens is 356 g/mol. The molecule has 0 aromatic heterocycles. The zero-order valence-corrected chi connectivity index (χ0v) is 17.0. The molecule has 1 aliphatic carbocycles. The zero-order valence-electron chi connectivity index (χ0n) is 17.0. The SMILES string of the molecule is COc1ccc(CCNC(=O)C2CCC(C(=O)N3CCCC3)CC2)cc1OC. The van der Waals surface area contributed by atoms with E-state index in [1.807, 2.05) is 23.1 Å². The monoisotopic (exact) mass is 388 g/mol. The standard InChI is InChI=1S/C22H32N2O4/c1-27-19-10-5-16(15-20(19)28-2)11-12-23-21(25)17-6-8-18(9-7-17)22(26)24-13-3-4-14-24/h5,10,15,17-18H,3-4,6-9,11-14H2,1-2H3,(H,23,25). The Labute approximate surface area is 167 Å². The second-order valence-corrected chi connectivity index (χ2v) is 7.81. The maximum Gasteiger partial charge on any atom is 0.225 e. The zero-order chi connectivity index (χ0) is 19.9. The first-order valence-electron chi connectivity index (χ1n) is 10.4. The molecule has 2 aliphatic rings. The minimum atomic E-state index is 0.0352. The molecule has 6 nitrogen and oxygen atoms in total. The van der Waals surface area contributed by atoms with Gasteiger partial charge < -0.3 is 19.7 Å². The van der Waals surface area contributed by atoms with E-state index in [-0.39, 0.29) is 17.7 Å². The Kier molecular flexibility index (Phi) is 7.18. The number of methoxy groups -OCH3 is 2. The van der Waals surface area contributed by atoms with Crippen molar-refractivity contribution in [2.45, 2.75) is 44.9 Å². The molecule has 1 saturated carbocycles. The Morgan fingerprint density at radius 3 is 2.29 bits per heavy atom. The van der Waals surface area contributed by atoms with Crippen molar-refractivity contribution in [2.75, 3.05) is 33.9 Å². The third kappa shape index (κ3) is 4.97. The van der Waals surface area contributed by atoms with Crippen molar-refractivity contribution < 1.29 is 19.1 Å². The lowest BCUT2D eigenvalue weighted by Crippen LogP contribution is -2.39. The summed E-state index contributed by atoms with van der Waals surface area (Å²) in [7, 11) is 3.24. The van der Waals surface area contributed by atoms with Gasteiger partial charge in [-0.2, -0.15) is 0 Å². The molecule has 1 aromatic rings. The van der Waals surface area contributed by atoms with E-state index in [1.54, 1.807) is 14.2 Å². The highest BCUT2D eigenvalue weighted by Gasteiger charge is 2.32. The molecule has 154 valence electrons. The van der Waals surface area contributed by atoms with E-state index in [0.717, 1.165) is 63.6 Å². The molecule has 2 amide bonds. The van der Waals surface area contributed by atoms with Crippen LogP contribution in [0.15, 0.2) is 18.2 Å². The topological polar surface area (TPSA) is 67.9 Å². The second kappa shape index (κ2) is 9.80. The van der Waals surface area contributed by atoms with E-state index in [0.29, 0.717) is 24.0 Å². The first kappa shape index (κ1) is 20.5. The van der Waals surface area contributed by atoms with Crippen LogP contribution < -0.4 is 14.8 Å². The van der Waals surface area contributed by atoms with E-state index >= 15 is 0 Å². The summed E-state index contributed by atoms with van der Waals surface area (Å²) in [6, 6.07) is 5.82. The van der Waals surface area contributed by atoms with Crippen molar-refractivity contribution in [3.8, 4) is 11.5 Å². The molecule has 2 fully saturated rings. The molecule has 0 radical (unpaired) electrons. The van der Waals surface area contributed by atoms with E-state index in [4.69, 9.17) is 9.47 Å². The van der Waals surface area contributed by atoms with Crippen molar-refractivity contribution in [3.63, 3.8) is 0 Å². The number of hydrogen-bond donors (Lipinski definition) is 1. The quantitative estimate of drug-likeness (QED) is 0.780. The number of nitrogens with zero attached hydrogens (tertiary/aromatic N) is 1. The number of carbonyl (C=O) groups excluding carboxylic acids is 2. The van der Waals surface area contributed by atoms with Crippen molar-refractivity contribution >= 4 is 11.8 Å². The number of hydrogen-bond acceptors (Lipinski definition) is 4. The summed E-state index contributed by atoms with van der Waals surface area (Å²) >= 11 is 0. The fourth-order valence-corrected chi connectivity index (χ4v) is 4.31. The number of nitrogens with one attached hydrogen (secondary N) is 1. The molecule has 0 unspecified atom stereocenters. The smallest absolute Gasteiger partial charge is 0.225 e. The van der Waals surface area contributed by atoms with Crippen LogP contribution in [0.2, 0.25) is 0 Å². The Morgan fingerprint density at radius 2 is 1.64 bits per heavy atom. The van der Waals surface area contributed by atoms with Gasteiger partial charge in [-0.1, -0.05) is 6.07 Å². The van der Waals surface area contributed by atoms with Gasteiger partial charge in [0, 0.05) is 31.5 Å². The summed E-state index contributed by atoms with van der Waals surface area (Å²) in [5.41, 5.74) is 1.10. The average Bonchev–Trinajstić information content (AvgIpc) is 3.28. The summed E-state index contributed by atoms with van der Waals surface area (Å²) in [5.74, 6) is 1.99. The van der Waals surface area contributed by atoms with Crippen LogP contribution in [-0.4, -0.2) is 50.6 Å². The highest BCUT2D eigenvalue weighted by Crippen LogP contribution is 2.31. The van der Waals surface area contributed by atoms with Crippen LogP contribution in [-0.2, 0) is 16.0 Å². The van der Waals surface area contributed by atoms with Crippen LogP contribution in [0.3, 0.4) is 0 Å². The number of likely N-dealkylation sites (tertiary alicyclic amines) is 1. The predicted molar refractivity (Wildman–Crippen MR) is 108 cm³/mol. The summed E-state index contributed by atoms with van der Waals surface area (Å²) in [4.78, 5) is 27.0. The Bertz CT molecular complexity index is 677. The van der Waals surface area contributed by atoms with Gasteiger partial charge in [0.25, 0.3) is 0 Å². The van der Waals surface area contributed by atoms with Crippen molar-refractivity contribution in [1.82, 2.24) is 10.2 Å². The van der Waals surface area contributed by atoms with Crippen molar-refractivity contribution in [1.29, 1.82) is 0 Å². The third-order valence-electron chi connectivity index (χ3n) is 6.03. The number of ether oxygens (including phenoxy) is 2. The first-order valence-corrected chi connectivity index (χ1v) is 10.4. The van der Waals surface area contributed by atoms with Gasteiger partial charge in [-0.05, 0) is 62.6 Å². The lowest BCUT2D eigenvalue weighted by atomic mass is 9.81.